The molecule has 0 aromatic carbocycles. The van der Waals surface area contributed by atoms with E-state index in [1.165, 1.54) is 0 Å². The molecule has 8 nitrogen and oxygen atoms in total. The number of halogens is 1. The summed E-state index contributed by atoms with van der Waals surface area (Å²) in [6, 6.07) is 0. The molecule has 14 heavy (non-hydrogen) atoms. The maximum absolute atomic E-state index is 8.91. The second-order valence-corrected chi connectivity index (χ2v) is 3.22. The van der Waals surface area contributed by atoms with Crippen LogP contribution >= 0.6 is 9.90 Å². The summed E-state index contributed by atoms with van der Waals surface area (Å²) in [5, 5.41) is 0. The summed E-state index contributed by atoms with van der Waals surface area (Å²) in [6.07, 6.45) is 0. The topological polar surface area (TPSA) is 176 Å². The molecule has 0 amide bonds. The third-order valence-corrected chi connectivity index (χ3v) is 0. The summed E-state index contributed by atoms with van der Waals surface area (Å²) in [4.78, 5) is 64.9. The summed E-state index contributed by atoms with van der Waals surface area (Å²) in [5.41, 5.74) is 0. The number of hydrogen-bond donors (Lipinski definition) is 3. The monoisotopic (exact) mass is 292 g/mol. The van der Waals surface area contributed by atoms with Crippen molar-refractivity contribution in [2.45, 2.75) is 0 Å². The molecule has 3 N–H and O–H groups in total. The van der Waals surface area contributed by atoms with Crippen LogP contribution in [-0.2, 0) is 0 Å². The quantitative estimate of drug-likeness (QED) is 0.291. The van der Waals surface area contributed by atoms with Gasteiger partial charge in [-0.2, -0.15) is 9.90 Å². The van der Waals surface area contributed by atoms with Gasteiger partial charge in [0.2, 0.25) is 0 Å². The summed E-state index contributed by atoms with van der Waals surface area (Å²) < 4.78 is 0. The van der Waals surface area contributed by atoms with Crippen LogP contribution in [0.4, 0.5) is 4.70 Å². The van der Waals surface area contributed by atoms with Crippen molar-refractivity contribution in [2.75, 3.05) is 0 Å². The van der Waals surface area contributed by atoms with Gasteiger partial charge in [0.15, 0.2) is 0 Å². The number of hydrogen-bond acceptors (Lipinski definition) is 8. The molecule has 0 aliphatic rings. The Hall–Kier alpha value is 1.80. The molecule has 1 unspecified atom stereocenters. The molecular formula is H7BCaFO8PSi2. The van der Waals surface area contributed by atoms with Crippen LogP contribution in [0.2, 0.25) is 0 Å². The van der Waals surface area contributed by atoms with Gasteiger partial charge < -0.3 is 47.4 Å². The SMILES string of the molecule is F.P.[B+3].[Ca+2].[O-][Si](O)(O)O.[O-][Si]([O-])([O-])[O-]. The molecule has 0 radical (unpaired) electrons. The van der Waals surface area contributed by atoms with E-state index in [0.29, 0.717) is 0 Å². The summed E-state index contributed by atoms with van der Waals surface area (Å²) >= 11 is 0. The Labute approximate surface area is 116 Å². The van der Waals surface area contributed by atoms with Crippen LogP contribution in [0.25, 0.3) is 0 Å². The van der Waals surface area contributed by atoms with Gasteiger partial charge in [-0.25, -0.2) is 0 Å². The van der Waals surface area contributed by atoms with E-state index in [1.54, 1.807) is 0 Å². The second kappa shape index (κ2) is 14.8. The van der Waals surface area contributed by atoms with Crippen molar-refractivity contribution in [1.82, 2.24) is 0 Å². The molecule has 0 fully saturated rings. The van der Waals surface area contributed by atoms with Crippen molar-refractivity contribution in [3.63, 3.8) is 0 Å². The van der Waals surface area contributed by atoms with E-state index in [0.717, 1.165) is 0 Å². The van der Waals surface area contributed by atoms with Crippen LogP contribution in [0.5, 0.6) is 0 Å². The van der Waals surface area contributed by atoms with E-state index in [1.807, 2.05) is 0 Å². The largest absolute Gasteiger partial charge is 3.00 e. The van der Waals surface area contributed by atoms with Crippen LogP contribution in [0, 0.1) is 0 Å². The molecule has 1 atom stereocenters. The van der Waals surface area contributed by atoms with E-state index in [4.69, 9.17) is 38.4 Å². The van der Waals surface area contributed by atoms with Crippen molar-refractivity contribution < 1.29 is 43.1 Å². The molecule has 0 saturated heterocycles. The molecule has 0 saturated carbocycles. The van der Waals surface area contributed by atoms with E-state index >= 15 is 0 Å². The van der Waals surface area contributed by atoms with Crippen LogP contribution in [0.1, 0.15) is 0 Å². The molecule has 14 heteroatoms. The first kappa shape index (κ1) is 36.0. The average molecular weight is 292 g/mol. The summed E-state index contributed by atoms with van der Waals surface area (Å²) in [6.45, 7) is 0. The van der Waals surface area contributed by atoms with Crippen molar-refractivity contribution in [3.05, 3.63) is 0 Å². The van der Waals surface area contributed by atoms with Crippen molar-refractivity contribution in [3.8, 4) is 0 Å². The summed E-state index contributed by atoms with van der Waals surface area (Å²) in [5.74, 6) is 0. The minimum Gasteiger partial charge on any atom is -0.894 e. The van der Waals surface area contributed by atoms with E-state index < -0.39 is 18.1 Å². The first-order valence-corrected chi connectivity index (χ1v) is 5.07. The smallest absolute Gasteiger partial charge is 0.894 e. The van der Waals surface area contributed by atoms with Gasteiger partial charge in [-0.15, -0.1) is 0 Å². The first-order chi connectivity index (χ1) is 4.00. The molecule has 0 spiro atoms. The minimum atomic E-state index is -5.61. The van der Waals surface area contributed by atoms with Crippen molar-refractivity contribution in [2.24, 2.45) is 0 Å². The van der Waals surface area contributed by atoms with Crippen LogP contribution in [-0.4, -0.2) is 78.6 Å². The second-order valence-electron chi connectivity index (χ2n) is 1.07. The molecular weight excluding hydrogens is 285 g/mol. The van der Waals surface area contributed by atoms with Gasteiger partial charge in [0.05, 0.1) is 0 Å². The van der Waals surface area contributed by atoms with E-state index in [9.17, 15) is 0 Å². The van der Waals surface area contributed by atoms with Gasteiger partial charge >= 0.3 is 55.2 Å². The Bertz CT molecular complexity index is 70.3. The number of rotatable bonds is 0. The third kappa shape index (κ3) is 699. The Kier molecular flexibility index (Phi) is 38.1. The molecule has 0 aliphatic heterocycles. The zero-order chi connectivity index (χ0) is 9.00. The summed E-state index contributed by atoms with van der Waals surface area (Å²) in [7, 11) is -10.5. The third-order valence-electron chi connectivity index (χ3n) is 0. The molecule has 80 valence electrons. The predicted molar refractivity (Wildman–Crippen MR) is 43.3 cm³/mol. The molecule has 0 rings (SSSR count). The molecule has 0 bridgehead atoms. The Balaban J connectivity index is -0.0000000178. The molecule has 0 heterocycles. The van der Waals surface area contributed by atoms with Gasteiger partial charge in [-0.1, -0.05) is 0 Å². The molecule has 0 aromatic heterocycles. The maximum Gasteiger partial charge on any atom is 3.00 e. The Morgan fingerprint density at radius 1 is 0.786 bits per heavy atom. The maximum atomic E-state index is 8.91. The zero-order valence-corrected chi connectivity index (χ0v) is 12.4. The average Bonchev–Trinajstić information content (AvgIpc) is 1.12. The van der Waals surface area contributed by atoms with Crippen molar-refractivity contribution in [1.29, 1.82) is 0 Å². The fraction of sp³-hybridized carbons (Fsp3) is 0. The van der Waals surface area contributed by atoms with Crippen LogP contribution in [0.3, 0.4) is 0 Å². The standard InChI is InChI=1S/B.Ca.FH.H3O4Si.O4Si.H3P/c;;;2*1-5(2,3)4;/h;;1H;1-3H;;1H3/q+3;+2;;-1;-4;. The fourth-order valence-corrected chi connectivity index (χ4v) is 0. The Morgan fingerprint density at radius 3 is 0.786 bits per heavy atom. The molecule has 0 aromatic rings. The van der Waals surface area contributed by atoms with Gasteiger partial charge in [-0.3, -0.25) is 4.70 Å². The van der Waals surface area contributed by atoms with Crippen molar-refractivity contribution >= 4 is 74.1 Å². The van der Waals surface area contributed by atoms with Gasteiger partial charge in [0.1, 0.15) is 0 Å². The molecule has 0 aliphatic carbocycles. The predicted octanol–water partition coefficient (Wildman–Crippen LogP) is -8.93. The first-order valence-electron chi connectivity index (χ1n) is 1.69. The zero-order valence-electron chi connectivity index (χ0n) is 6.78. The van der Waals surface area contributed by atoms with E-state index in [2.05, 4.69) is 0 Å². The van der Waals surface area contributed by atoms with E-state index in [-0.39, 0.29) is 60.8 Å². The van der Waals surface area contributed by atoms with Crippen LogP contribution < -0.4 is 24.0 Å². The Morgan fingerprint density at radius 2 is 0.786 bits per heavy atom. The van der Waals surface area contributed by atoms with Gasteiger partial charge in [0, 0.05) is 0 Å². The van der Waals surface area contributed by atoms with Crippen LogP contribution in [0.15, 0.2) is 0 Å². The minimum absolute atomic E-state index is 0. The fourth-order valence-electron chi connectivity index (χ4n) is 0. The van der Waals surface area contributed by atoms with Gasteiger partial charge in [0.25, 0.3) is 0 Å². The van der Waals surface area contributed by atoms with Gasteiger partial charge in [-0.05, 0) is 0 Å². The normalized spacial score (nSPS) is 8.57.